The number of hydrogen-bond donors (Lipinski definition) is 0. The molecule has 3 aromatic heterocycles. The van der Waals surface area contributed by atoms with Crippen molar-refractivity contribution in [1.82, 2.24) is 13.6 Å². The first-order valence-corrected chi connectivity index (χ1v) is 11.2. The molecule has 0 atom stereocenters. The molecular weight excluding hydrogens is 310 g/mol. The smallest absolute Gasteiger partial charge is 0.168 e. The average molecular weight is 340 g/mol. The van der Waals surface area contributed by atoms with Crippen molar-refractivity contribution < 1.29 is 0 Å². The fraction of sp³-hybridized carbons (Fsp3) is 0.450. The molecule has 0 unspecified atom stereocenters. The van der Waals surface area contributed by atoms with E-state index in [1.54, 1.807) is 0 Å². The maximum absolute atomic E-state index is 4.33. The van der Waals surface area contributed by atoms with Gasteiger partial charge in [0.15, 0.2) is 8.24 Å². The van der Waals surface area contributed by atoms with Gasteiger partial charge in [0.05, 0.1) is 0 Å². The van der Waals surface area contributed by atoms with E-state index in [-0.39, 0.29) is 0 Å². The molecule has 3 heterocycles. The summed E-state index contributed by atoms with van der Waals surface area (Å²) in [5.74, 6) is 0. The molecule has 0 spiro atoms. The molecule has 0 aliphatic heterocycles. The molecule has 0 N–H and O–H groups in total. The first-order chi connectivity index (χ1) is 11.4. The van der Waals surface area contributed by atoms with Crippen LogP contribution in [-0.2, 0) is 0 Å². The van der Waals surface area contributed by atoms with Crippen LogP contribution in [0.4, 0.5) is 0 Å². The topological polar surface area (TPSA) is 22.2 Å². The number of nitrogens with zero attached hydrogens (tertiary/aromatic N) is 3. The molecule has 3 nitrogen and oxygen atoms in total. The van der Waals surface area contributed by atoms with Crippen LogP contribution in [0.1, 0.15) is 41.5 Å². The fourth-order valence-electron chi connectivity index (χ4n) is 4.79. The standard InChI is InChI=1S/C20H29N3Si/c1-15(2)24(16(3)4,17(5)6)23-11-9-19(14-23)18-7-8-20-21-10-12-22(20)13-18/h7-17H,1-6H3. The summed E-state index contributed by atoms with van der Waals surface area (Å²) in [6.07, 6.45) is 10.7. The Hall–Kier alpha value is -1.81. The van der Waals surface area contributed by atoms with Crippen LogP contribution in [0.15, 0.2) is 49.2 Å². The van der Waals surface area contributed by atoms with Gasteiger partial charge >= 0.3 is 0 Å². The molecule has 0 aromatic carbocycles. The van der Waals surface area contributed by atoms with E-state index in [9.17, 15) is 0 Å². The van der Waals surface area contributed by atoms with Crippen molar-refractivity contribution in [2.75, 3.05) is 0 Å². The third-order valence-electron chi connectivity index (χ3n) is 5.64. The molecule has 0 amide bonds. The van der Waals surface area contributed by atoms with Crippen molar-refractivity contribution in [3.8, 4) is 11.1 Å². The lowest BCUT2D eigenvalue weighted by Crippen LogP contribution is -2.51. The number of aromatic nitrogens is 3. The van der Waals surface area contributed by atoms with Crippen molar-refractivity contribution in [1.29, 1.82) is 0 Å². The van der Waals surface area contributed by atoms with E-state index < -0.39 is 8.24 Å². The summed E-state index contributed by atoms with van der Waals surface area (Å²) in [6, 6.07) is 6.53. The highest BCUT2D eigenvalue weighted by molar-refractivity contribution is 6.82. The number of pyridine rings is 1. The molecular formula is C20H29N3Si. The Labute approximate surface area is 146 Å². The lowest BCUT2D eigenvalue weighted by Gasteiger charge is -2.44. The number of imidazole rings is 1. The van der Waals surface area contributed by atoms with Crippen LogP contribution in [0, 0.1) is 0 Å². The van der Waals surface area contributed by atoms with Gasteiger partial charge in [0.2, 0.25) is 0 Å². The summed E-state index contributed by atoms with van der Waals surface area (Å²) >= 11 is 0. The average Bonchev–Trinajstić information content (AvgIpc) is 3.14. The van der Waals surface area contributed by atoms with Crippen molar-refractivity contribution >= 4 is 13.9 Å². The van der Waals surface area contributed by atoms with Crippen LogP contribution in [0.25, 0.3) is 16.8 Å². The maximum atomic E-state index is 4.33. The van der Waals surface area contributed by atoms with E-state index in [4.69, 9.17) is 0 Å². The Kier molecular flexibility index (Phi) is 4.43. The quantitative estimate of drug-likeness (QED) is 0.536. The SMILES string of the molecule is CC(C)[Si](C(C)C)(C(C)C)n1ccc(-c2ccc3nccn3c2)c1. The molecule has 0 bridgehead atoms. The van der Waals surface area contributed by atoms with E-state index in [0.717, 1.165) is 5.65 Å². The lowest BCUT2D eigenvalue weighted by atomic mass is 10.1. The molecule has 128 valence electrons. The number of hydrogen-bond acceptors (Lipinski definition) is 1. The van der Waals surface area contributed by atoms with Crippen molar-refractivity contribution in [3.63, 3.8) is 0 Å². The molecule has 0 radical (unpaired) electrons. The summed E-state index contributed by atoms with van der Waals surface area (Å²) in [7, 11) is -1.66. The predicted molar refractivity (Wildman–Crippen MR) is 105 cm³/mol. The molecule has 0 saturated carbocycles. The molecule has 3 aromatic rings. The van der Waals surface area contributed by atoms with Crippen molar-refractivity contribution in [2.24, 2.45) is 0 Å². The summed E-state index contributed by atoms with van der Waals surface area (Å²) < 4.78 is 4.69. The van der Waals surface area contributed by atoms with Crippen molar-refractivity contribution in [2.45, 2.75) is 58.2 Å². The molecule has 0 aliphatic carbocycles. The van der Waals surface area contributed by atoms with Crippen LogP contribution in [-0.4, -0.2) is 21.9 Å². The van der Waals surface area contributed by atoms with E-state index >= 15 is 0 Å². The Balaban J connectivity index is 2.07. The molecule has 3 rings (SSSR count). The number of rotatable bonds is 5. The lowest BCUT2D eigenvalue weighted by molar-refractivity contribution is 0.766. The largest absolute Gasteiger partial charge is 0.379 e. The van der Waals surface area contributed by atoms with Gasteiger partial charge in [0.1, 0.15) is 5.65 Å². The van der Waals surface area contributed by atoms with Gasteiger partial charge in [0.25, 0.3) is 0 Å². The van der Waals surface area contributed by atoms with Gasteiger partial charge in [-0.1, -0.05) is 41.5 Å². The minimum Gasteiger partial charge on any atom is -0.379 e. The summed E-state index contributed by atoms with van der Waals surface area (Å²) in [4.78, 5) is 4.33. The zero-order valence-electron chi connectivity index (χ0n) is 15.7. The first kappa shape index (κ1) is 17.0. The Morgan fingerprint density at radius 3 is 2.04 bits per heavy atom. The van der Waals surface area contributed by atoms with Gasteiger partial charge < -0.3 is 8.63 Å². The highest BCUT2D eigenvalue weighted by Crippen LogP contribution is 2.43. The molecule has 24 heavy (non-hydrogen) atoms. The van der Waals surface area contributed by atoms with Crippen LogP contribution < -0.4 is 0 Å². The zero-order valence-corrected chi connectivity index (χ0v) is 16.7. The van der Waals surface area contributed by atoms with Gasteiger partial charge in [-0.3, -0.25) is 0 Å². The molecule has 0 fully saturated rings. The van der Waals surface area contributed by atoms with Gasteiger partial charge in [0, 0.05) is 24.8 Å². The van der Waals surface area contributed by atoms with E-state index in [1.807, 2.05) is 12.4 Å². The first-order valence-electron chi connectivity index (χ1n) is 8.99. The van der Waals surface area contributed by atoms with E-state index in [2.05, 4.69) is 91.9 Å². The second-order valence-corrected chi connectivity index (χ2v) is 13.5. The zero-order chi connectivity index (χ0) is 17.5. The maximum Gasteiger partial charge on any atom is 0.168 e. The normalized spacial score (nSPS) is 12.9. The van der Waals surface area contributed by atoms with Gasteiger partial charge in [-0.25, -0.2) is 4.98 Å². The highest BCUT2D eigenvalue weighted by Gasteiger charge is 2.44. The summed E-state index contributed by atoms with van der Waals surface area (Å²) in [6.45, 7) is 14.4. The Morgan fingerprint density at radius 2 is 1.42 bits per heavy atom. The molecule has 4 heteroatoms. The Morgan fingerprint density at radius 1 is 0.792 bits per heavy atom. The second kappa shape index (κ2) is 6.24. The second-order valence-electron chi connectivity index (χ2n) is 7.77. The van der Waals surface area contributed by atoms with Crippen LogP contribution >= 0.6 is 0 Å². The van der Waals surface area contributed by atoms with Crippen molar-refractivity contribution in [3.05, 3.63) is 49.2 Å². The number of fused-ring (bicyclic) bond motifs is 1. The summed E-state index contributed by atoms with van der Waals surface area (Å²) in [5, 5.41) is 0. The monoisotopic (exact) mass is 339 g/mol. The van der Waals surface area contributed by atoms with Gasteiger partial charge in [-0.2, -0.15) is 0 Å². The summed E-state index contributed by atoms with van der Waals surface area (Å²) in [5.41, 5.74) is 5.65. The predicted octanol–water partition coefficient (Wildman–Crippen LogP) is 5.83. The third kappa shape index (κ3) is 2.53. The minimum atomic E-state index is -1.66. The van der Waals surface area contributed by atoms with Gasteiger partial charge in [-0.05, 0) is 52.1 Å². The third-order valence-corrected chi connectivity index (χ3v) is 12.4. The van der Waals surface area contributed by atoms with Gasteiger partial charge in [-0.15, -0.1) is 0 Å². The van der Waals surface area contributed by atoms with Crippen LogP contribution in [0.3, 0.4) is 0 Å². The van der Waals surface area contributed by atoms with E-state index in [0.29, 0.717) is 16.6 Å². The Bertz CT molecular complexity index is 804. The van der Waals surface area contributed by atoms with E-state index in [1.165, 1.54) is 11.1 Å². The van der Waals surface area contributed by atoms with Crippen LogP contribution in [0.2, 0.25) is 16.6 Å². The minimum absolute atomic E-state index is 0.703. The fourth-order valence-corrected chi connectivity index (χ4v) is 11.3. The van der Waals surface area contributed by atoms with Crippen LogP contribution in [0.5, 0.6) is 0 Å². The highest BCUT2D eigenvalue weighted by atomic mass is 28.3. The molecule has 0 aliphatic rings. The molecule has 0 saturated heterocycles.